The van der Waals surface area contributed by atoms with Crippen LogP contribution in [0.5, 0.6) is 11.5 Å². The first-order chi connectivity index (χ1) is 10.4. The van der Waals surface area contributed by atoms with E-state index in [1.54, 1.807) is 12.4 Å². The summed E-state index contributed by atoms with van der Waals surface area (Å²) in [7, 11) is 0. The third-order valence-electron chi connectivity index (χ3n) is 2.92. The number of rotatable bonds is 4. The summed E-state index contributed by atoms with van der Waals surface area (Å²) in [6.07, 6.45) is 3.21. The van der Waals surface area contributed by atoms with Gasteiger partial charge in [-0.1, -0.05) is 30.3 Å². The summed E-state index contributed by atoms with van der Waals surface area (Å²) in [5.41, 5.74) is 4.11. The second kappa shape index (κ2) is 6.02. The molecule has 0 spiro atoms. The quantitative estimate of drug-likeness (QED) is 0.566. The molecule has 5 nitrogen and oxygen atoms in total. The molecule has 0 atom stereocenters. The van der Waals surface area contributed by atoms with E-state index < -0.39 is 0 Å². The molecule has 0 amide bonds. The number of nitrogens with zero attached hydrogens (tertiary/aromatic N) is 2. The number of aromatic nitrogens is 2. The van der Waals surface area contributed by atoms with Gasteiger partial charge in [0.1, 0.15) is 17.2 Å². The van der Waals surface area contributed by atoms with Gasteiger partial charge in [0.15, 0.2) is 5.82 Å². The average Bonchev–Trinajstić information content (AvgIpc) is 2.56. The molecule has 3 rings (SSSR count). The minimum absolute atomic E-state index is 0.523. The molecular formula is C16H14N4O. The van der Waals surface area contributed by atoms with E-state index in [1.807, 2.05) is 54.6 Å². The number of para-hydroxylation sites is 1. The van der Waals surface area contributed by atoms with E-state index in [0.717, 1.165) is 17.1 Å². The Hall–Kier alpha value is -2.92. The van der Waals surface area contributed by atoms with Crippen LogP contribution in [0, 0.1) is 0 Å². The van der Waals surface area contributed by atoms with Crippen molar-refractivity contribution in [2.45, 2.75) is 0 Å². The topological polar surface area (TPSA) is 73.1 Å². The Morgan fingerprint density at radius 1 is 0.857 bits per heavy atom. The van der Waals surface area contributed by atoms with E-state index in [0.29, 0.717) is 11.5 Å². The molecule has 0 bridgehead atoms. The van der Waals surface area contributed by atoms with Gasteiger partial charge in [-0.25, -0.2) is 10.8 Å². The highest BCUT2D eigenvalue weighted by Crippen LogP contribution is 2.28. The summed E-state index contributed by atoms with van der Waals surface area (Å²) in [5.74, 6) is 7.50. The summed E-state index contributed by atoms with van der Waals surface area (Å²) in [5, 5.41) is 0. The van der Waals surface area contributed by atoms with Crippen molar-refractivity contribution in [1.82, 2.24) is 9.97 Å². The molecule has 1 aromatic heterocycles. The highest BCUT2D eigenvalue weighted by molar-refractivity contribution is 5.71. The summed E-state index contributed by atoms with van der Waals surface area (Å²) in [4.78, 5) is 8.46. The Morgan fingerprint density at radius 2 is 1.62 bits per heavy atom. The molecular weight excluding hydrogens is 264 g/mol. The van der Waals surface area contributed by atoms with Crippen LogP contribution in [0.1, 0.15) is 0 Å². The van der Waals surface area contributed by atoms with Crippen molar-refractivity contribution in [2.24, 2.45) is 5.84 Å². The van der Waals surface area contributed by atoms with Crippen molar-refractivity contribution in [2.75, 3.05) is 5.43 Å². The zero-order chi connectivity index (χ0) is 14.5. The first kappa shape index (κ1) is 13.1. The highest BCUT2D eigenvalue weighted by atomic mass is 16.5. The lowest BCUT2D eigenvalue weighted by atomic mass is 10.1. The number of benzene rings is 2. The molecule has 3 N–H and O–H groups in total. The lowest BCUT2D eigenvalue weighted by Crippen LogP contribution is -2.10. The van der Waals surface area contributed by atoms with Crippen molar-refractivity contribution >= 4 is 5.82 Å². The Morgan fingerprint density at radius 3 is 2.43 bits per heavy atom. The SMILES string of the molecule is NNc1nccnc1-c1cccc(Oc2ccccc2)c1. The largest absolute Gasteiger partial charge is 0.457 e. The first-order valence-electron chi connectivity index (χ1n) is 6.48. The maximum atomic E-state index is 5.81. The number of anilines is 1. The maximum Gasteiger partial charge on any atom is 0.166 e. The number of nitrogens with two attached hydrogens (primary N) is 1. The fourth-order valence-electron chi connectivity index (χ4n) is 1.99. The van der Waals surface area contributed by atoms with Gasteiger partial charge in [0.05, 0.1) is 0 Å². The van der Waals surface area contributed by atoms with E-state index >= 15 is 0 Å². The van der Waals surface area contributed by atoms with Gasteiger partial charge in [0.2, 0.25) is 0 Å². The molecule has 1 heterocycles. The summed E-state index contributed by atoms with van der Waals surface area (Å²) < 4.78 is 5.81. The summed E-state index contributed by atoms with van der Waals surface area (Å²) >= 11 is 0. The standard InChI is InChI=1S/C16H14N4O/c17-20-16-15(18-9-10-19-16)12-5-4-8-14(11-12)21-13-6-2-1-3-7-13/h1-11H,17H2,(H,19,20). The van der Waals surface area contributed by atoms with Crippen LogP contribution in [-0.4, -0.2) is 9.97 Å². The minimum Gasteiger partial charge on any atom is -0.457 e. The lowest BCUT2D eigenvalue weighted by Gasteiger charge is -2.09. The van der Waals surface area contributed by atoms with E-state index in [2.05, 4.69) is 15.4 Å². The summed E-state index contributed by atoms with van der Waals surface area (Å²) in [6.45, 7) is 0. The third kappa shape index (κ3) is 2.98. The molecule has 0 radical (unpaired) electrons. The first-order valence-corrected chi connectivity index (χ1v) is 6.48. The van der Waals surface area contributed by atoms with E-state index in [9.17, 15) is 0 Å². The van der Waals surface area contributed by atoms with Crippen LogP contribution in [-0.2, 0) is 0 Å². The van der Waals surface area contributed by atoms with Crippen LogP contribution in [0.15, 0.2) is 67.0 Å². The Bertz CT molecular complexity index is 731. The normalized spacial score (nSPS) is 10.1. The van der Waals surface area contributed by atoms with Crippen LogP contribution in [0.4, 0.5) is 5.82 Å². The second-order valence-electron chi connectivity index (χ2n) is 4.34. The van der Waals surface area contributed by atoms with E-state index in [4.69, 9.17) is 10.6 Å². The predicted molar refractivity (Wildman–Crippen MR) is 81.8 cm³/mol. The molecule has 0 saturated carbocycles. The zero-order valence-corrected chi connectivity index (χ0v) is 11.2. The van der Waals surface area contributed by atoms with Crippen molar-refractivity contribution in [3.63, 3.8) is 0 Å². The highest BCUT2D eigenvalue weighted by Gasteiger charge is 2.08. The predicted octanol–water partition coefficient (Wildman–Crippen LogP) is 3.22. The molecule has 0 aliphatic rings. The molecule has 5 heteroatoms. The van der Waals surface area contributed by atoms with Crippen molar-refractivity contribution in [3.05, 3.63) is 67.0 Å². The van der Waals surface area contributed by atoms with Gasteiger partial charge in [-0.2, -0.15) is 0 Å². The van der Waals surface area contributed by atoms with Crippen LogP contribution in [0.2, 0.25) is 0 Å². The molecule has 21 heavy (non-hydrogen) atoms. The molecule has 0 aliphatic carbocycles. The van der Waals surface area contributed by atoms with Crippen LogP contribution in [0.25, 0.3) is 11.3 Å². The molecule has 0 fully saturated rings. The average molecular weight is 278 g/mol. The molecule has 0 aliphatic heterocycles. The Labute approximate surface area is 122 Å². The number of ether oxygens (including phenoxy) is 1. The number of hydrazine groups is 1. The van der Waals surface area contributed by atoms with Crippen molar-refractivity contribution in [1.29, 1.82) is 0 Å². The van der Waals surface area contributed by atoms with E-state index in [-0.39, 0.29) is 0 Å². The van der Waals surface area contributed by atoms with Crippen LogP contribution >= 0.6 is 0 Å². The van der Waals surface area contributed by atoms with Gasteiger partial charge in [0.25, 0.3) is 0 Å². The second-order valence-corrected chi connectivity index (χ2v) is 4.34. The molecule has 0 saturated heterocycles. The van der Waals surface area contributed by atoms with Crippen molar-refractivity contribution in [3.8, 4) is 22.8 Å². The van der Waals surface area contributed by atoms with Crippen LogP contribution in [0.3, 0.4) is 0 Å². The monoisotopic (exact) mass is 278 g/mol. The van der Waals surface area contributed by atoms with Gasteiger partial charge in [-0.05, 0) is 24.3 Å². The van der Waals surface area contributed by atoms with Gasteiger partial charge in [0, 0.05) is 18.0 Å². The lowest BCUT2D eigenvalue weighted by molar-refractivity contribution is 0.483. The van der Waals surface area contributed by atoms with Gasteiger partial charge >= 0.3 is 0 Å². The van der Waals surface area contributed by atoms with Gasteiger partial charge in [-0.3, -0.25) is 4.98 Å². The maximum absolute atomic E-state index is 5.81. The smallest absolute Gasteiger partial charge is 0.166 e. The Kier molecular flexibility index (Phi) is 3.75. The van der Waals surface area contributed by atoms with Crippen LogP contribution < -0.4 is 16.0 Å². The molecule has 104 valence electrons. The van der Waals surface area contributed by atoms with Gasteiger partial charge in [-0.15, -0.1) is 0 Å². The number of hydrogen-bond donors (Lipinski definition) is 2. The number of nitrogens with one attached hydrogen (secondary N) is 1. The van der Waals surface area contributed by atoms with Gasteiger partial charge < -0.3 is 10.2 Å². The minimum atomic E-state index is 0.523. The Balaban J connectivity index is 1.93. The summed E-state index contributed by atoms with van der Waals surface area (Å²) in [6, 6.07) is 17.2. The third-order valence-corrected chi connectivity index (χ3v) is 2.92. The fourth-order valence-corrected chi connectivity index (χ4v) is 1.99. The number of hydrogen-bond acceptors (Lipinski definition) is 5. The molecule has 2 aromatic carbocycles. The fraction of sp³-hybridized carbons (Fsp3) is 0. The number of nitrogen functional groups attached to an aromatic ring is 1. The molecule has 0 unspecified atom stereocenters. The van der Waals surface area contributed by atoms with E-state index in [1.165, 1.54) is 0 Å². The van der Waals surface area contributed by atoms with Crippen molar-refractivity contribution < 1.29 is 4.74 Å². The molecule has 3 aromatic rings. The zero-order valence-electron chi connectivity index (χ0n) is 11.2.